The maximum absolute atomic E-state index is 4.04. The lowest BCUT2D eigenvalue weighted by Gasteiger charge is -2.32. The molecule has 1 aromatic rings. The summed E-state index contributed by atoms with van der Waals surface area (Å²) < 4.78 is 0. The molecule has 102 valence electrons. The van der Waals surface area contributed by atoms with Gasteiger partial charge in [0.15, 0.2) is 5.82 Å². The standard InChI is InChI=1S/C13H25N5/c1-9(2)7-11-5-4-6-12(8-11)14-10(3)13-15-17-18-16-13/h9-12,14H,4-8H2,1-3H3,(H,15,16,17,18). The van der Waals surface area contributed by atoms with Crippen LogP contribution < -0.4 is 5.32 Å². The van der Waals surface area contributed by atoms with Crippen molar-refractivity contribution in [2.24, 2.45) is 11.8 Å². The minimum Gasteiger partial charge on any atom is -0.305 e. The van der Waals surface area contributed by atoms with E-state index in [2.05, 4.69) is 46.7 Å². The number of hydrogen-bond donors (Lipinski definition) is 2. The number of H-pyrrole nitrogens is 1. The molecular weight excluding hydrogens is 226 g/mol. The first-order valence-electron chi connectivity index (χ1n) is 7.14. The Morgan fingerprint density at radius 3 is 2.83 bits per heavy atom. The van der Waals surface area contributed by atoms with Crippen molar-refractivity contribution >= 4 is 0 Å². The van der Waals surface area contributed by atoms with E-state index in [1.165, 1.54) is 32.1 Å². The molecule has 1 saturated carbocycles. The highest BCUT2D eigenvalue weighted by Crippen LogP contribution is 2.30. The molecule has 1 aliphatic rings. The van der Waals surface area contributed by atoms with E-state index in [0.29, 0.717) is 6.04 Å². The summed E-state index contributed by atoms with van der Waals surface area (Å²) in [4.78, 5) is 0. The Morgan fingerprint density at radius 1 is 1.33 bits per heavy atom. The molecule has 5 nitrogen and oxygen atoms in total. The lowest BCUT2D eigenvalue weighted by molar-refractivity contribution is 0.241. The van der Waals surface area contributed by atoms with Crippen molar-refractivity contribution in [1.29, 1.82) is 0 Å². The van der Waals surface area contributed by atoms with Crippen LogP contribution in [0.4, 0.5) is 0 Å². The summed E-state index contributed by atoms with van der Waals surface area (Å²) in [6.45, 7) is 6.74. The second-order valence-electron chi connectivity index (χ2n) is 6.02. The number of hydrogen-bond acceptors (Lipinski definition) is 4. The Bertz CT molecular complexity index is 335. The quantitative estimate of drug-likeness (QED) is 0.843. The molecule has 1 aromatic heterocycles. The van der Waals surface area contributed by atoms with E-state index < -0.39 is 0 Å². The van der Waals surface area contributed by atoms with Crippen LogP contribution in [0, 0.1) is 11.8 Å². The van der Waals surface area contributed by atoms with Gasteiger partial charge >= 0.3 is 0 Å². The van der Waals surface area contributed by atoms with Crippen LogP contribution in [-0.4, -0.2) is 26.7 Å². The molecule has 1 fully saturated rings. The fraction of sp³-hybridized carbons (Fsp3) is 0.923. The largest absolute Gasteiger partial charge is 0.305 e. The molecule has 2 N–H and O–H groups in total. The van der Waals surface area contributed by atoms with Gasteiger partial charge in [0.1, 0.15) is 0 Å². The monoisotopic (exact) mass is 251 g/mol. The van der Waals surface area contributed by atoms with Crippen molar-refractivity contribution in [3.63, 3.8) is 0 Å². The molecule has 0 radical (unpaired) electrons. The number of nitrogens with one attached hydrogen (secondary N) is 2. The fourth-order valence-electron chi connectivity index (χ4n) is 3.10. The van der Waals surface area contributed by atoms with Gasteiger partial charge in [0, 0.05) is 6.04 Å². The van der Waals surface area contributed by atoms with Crippen molar-refractivity contribution in [1.82, 2.24) is 25.9 Å². The summed E-state index contributed by atoms with van der Waals surface area (Å²) in [5, 5.41) is 17.8. The first-order valence-corrected chi connectivity index (χ1v) is 7.14. The number of aromatic amines is 1. The minimum atomic E-state index is 0.187. The molecular formula is C13H25N5. The van der Waals surface area contributed by atoms with E-state index in [1.807, 2.05) is 0 Å². The minimum absolute atomic E-state index is 0.187. The normalized spacial score (nSPS) is 26.4. The van der Waals surface area contributed by atoms with E-state index in [0.717, 1.165) is 17.7 Å². The lowest BCUT2D eigenvalue weighted by atomic mass is 9.81. The Labute approximate surface area is 109 Å². The second-order valence-corrected chi connectivity index (χ2v) is 6.02. The molecule has 0 aliphatic heterocycles. The third kappa shape index (κ3) is 3.77. The van der Waals surface area contributed by atoms with Crippen molar-refractivity contribution in [2.45, 2.75) is 65.0 Å². The van der Waals surface area contributed by atoms with Crippen LogP contribution in [0.25, 0.3) is 0 Å². The van der Waals surface area contributed by atoms with Crippen LogP contribution in [0.15, 0.2) is 0 Å². The molecule has 5 heteroatoms. The summed E-state index contributed by atoms with van der Waals surface area (Å²) in [6, 6.07) is 0.794. The zero-order chi connectivity index (χ0) is 13.0. The predicted molar refractivity (Wildman–Crippen MR) is 70.9 cm³/mol. The van der Waals surface area contributed by atoms with Crippen molar-refractivity contribution in [2.75, 3.05) is 0 Å². The molecule has 1 heterocycles. The van der Waals surface area contributed by atoms with Gasteiger partial charge in [-0.3, -0.25) is 0 Å². The highest BCUT2D eigenvalue weighted by Gasteiger charge is 2.24. The van der Waals surface area contributed by atoms with Gasteiger partial charge in [-0.1, -0.05) is 31.9 Å². The van der Waals surface area contributed by atoms with Crippen LogP contribution in [0.5, 0.6) is 0 Å². The zero-order valence-corrected chi connectivity index (χ0v) is 11.7. The van der Waals surface area contributed by atoms with Gasteiger partial charge in [-0.25, -0.2) is 0 Å². The Balaban J connectivity index is 1.82. The van der Waals surface area contributed by atoms with Crippen LogP contribution in [0.1, 0.15) is 64.7 Å². The maximum atomic E-state index is 4.04. The molecule has 1 aliphatic carbocycles. The molecule has 3 unspecified atom stereocenters. The molecule has 0 saturated heterocycles. The highest BCUT2D eigenvalue weighted by atomic mass is 15.5. The van der Waals surface area contributed by atoms with Gasteiger partial charge in [0.25, 0.3) is 0 Å². The summed E-state index contributed by atoms with van der Waals surface area (Å²) in [6.07, 6.45) is 6.66. The molecule has 0 aromatic carbocycles. The molecule has 0 amide bonds. The Hall–Kier alpha value is -0.970. The summed E-state index contributed by atoms with van der Waals surface area (Å²) in [5.41, 5.74) is 0. The van der Waals surface area contributed by atoms with E-state index in [1.54, 1.807) is 0 Å². The van der Waals surface area contributed by atoms with Gasteiger partial charge in [-0.2, -0.15) is 5.21 Å². The first-order chi connectivity index (χ1) is 8.65. The molecule has 0 spiro atoms. The van der Waals surface area contributed by atoms with Crippen LogP contribution in [-0.2, 0) is 0 Å². The Morgan fingerprint density at radius 2 is 2.17 bits per heavy atom. The number of tetrazole rings is 1. The van der Waals surface area contributed by atoms with Crippen LogP contribution >= 0.6 is 0 Å². The summed E-state index contributed by atoms with van der Waals surface area (Å²) >= 11 is 0. The average molecular weight is 251 g/mol. The van der Waals surface area contributed by atoms with Crippen LogP contribution in [0.3, 0.4) is 0 Å². The van der Waals surface area contributed by atoms with Gasteiger partial charge in [-0.15, -0.1) is 10.2 Å². The number of nitrogens with zero attached hydrogens (tertiary/aromatic N) is 3. The third-order valence-electron chi connectivity index (χ3n) is 3.82. The topological polar surface area (TPSA) is 66.5 Å². The van der Waals surface area contributed by atoms with Crippen molar-refractivity contribution < 1.29 is 0 Å². The summed E-state index contributed by atoms with van der Waals surface area (Å²) in [5.74, 6) is 2.46. The maximum Gasteiger partial charge on any atom is 0.191 e. The van der Waals surface area contributed by atoms with Crippen molar-refractivity contribution in [3.8, 4) is 0 Å². The average Bonchev–Trinajstić information content (AvgIpc) is 2.81. The second kappa shape index (κ2) is 6.27. The third-order valence-corrected chi connectivity index (χ3v) is 3.82. The first kappa shape index (κ1) is 13.5. The zero-order valence-electron chi connectivity index (χ0n) is 11.7. The van der Waals surface area contributed by atoms with Gasteiger partial charge < -0.3 is 5.32 Å². The van der Waals surface area contributed by atoms with Gasteiger partial charge in [0.2, 0.25) is 0 Å². The van der Waals surface area contributed by atoms with E-state index in [9.17, 15) is 0 Å². The van der Waals surface area contributed by atoms with Gasteiger partial charge in [0.05, 0.1) is 6.04 Å². The SMILES string of the molecule is CC(C)CC1CCCC(NC(C)c2nn[nH]n2)C1. The molecule has 2 rings (SSSR count). The molecule has 0 bridgehead atoms. The van der Waals surface area contributed by atoms with Gasteiger partial charge in [-0.05, 0) is 38.0 Å². The molecule has 18 heavy (non-hydrogen) atoms. The van der Waals surface area contributed by atoms with Crippen molar-refractivity contribution in [3.05, 3.63) is 5.82 Å². The fourth-order valence-corrected chi connectivity index (χ4v) is 3.10. The lowest BCUT2D eigenvalue weighted by Crippen LogP contribution is -2.36. The predicted octanol–water partition coefficient (Wildman–Crippen LogP) is 2.46. The molecule has 3 atom stereocenters. The Kier molecular flexibility index (Phi) is 4.69. The van der Waals surface area contributed by atoms with E-state index >= 15 is 0 Å². The number of aromatic nitrogens is 4. The summed E-state index contributed by atoms with van der Waals surface area (Å²) in [7, 11) is 0. The van der Waals surface area contributed by atoms with E-state index in [-0.39, 0.29) is 6.04 Å². The highest BCUT2D eigenvalue weighted by molar-refractivity contribution is 4.89. The van der Waals surface area contributed by atoms with E-state index in [4.69, 9.17) is 0 Å². The smallest absolute Gasteiger partial charge is 0.191 e. The van der Waals surface area contributed by atoms with Crippen LogP contribution in [0.2, 0.25) is 0 Å². The number of rotatable bonds is 5.